The number of hydrogen-bond acceptors (Lipinski definition) is 2. The molecule has 76 valence electrons. The van der Waals surface area contributed by atoms with Crippen LogP contribution in [0.15, 0.2) is 0 Å². The van der Waals surface area contributed by atoms with Crippen molar-refractivity contribution >= 4 is 5.97 Å². The summed E-state index contributed by atoms with van der Waals surface area (Å²) in [6.45, 7) is 6.25. The predicted octanol–water partition coefficient (Wildman–Crippen LogP) is 1.58. The van der Waals surface area contributed by atoms with Crippen LogP contribution in [0, 0.1) is 5.92 Å². The topological polar surface area (TPSA) is 40.5 Å². The van der Waals surface area contributed by atoms with Crippen molar-refractivity contribution in [3.05, 3.63) is 0 Å². The largest absolute Gasteiger partial charge is 0.480 e. The van der Waals surface area contributed by atoms with Crippen molar-refractivity contribution in [2.45, 2.75) is 39.2 Å². The normalized spacial score (nSPS) is 24.1. The fraction of sp³-hybridized carbons (Fsp3) is 0.900. The third-order valence-electron chi connectivity index (χ3n) is 2.64. The Labute approximate surface area is 79.7 Å². The van der Waals surface area contributed by atoms with Crippen molar-refractivity contribution in [2.75, 3.05) is 13.1 Å². The highest BCUT2D eigenvalue weighted by Gasteiger charge is 2.29. The first kappa shape index (κ1) is 10.5. The summed E-state index contributed by atoms with van der Waals surface area (Å²) >= 11 is 0. The van der Waals surface area contributed by atoms with E-state index in [0.717, 1.165) is 32.4 Å². The fourth-order valence-electron chi connectivity index (χ4n) is 1.80. The summed E-state index contributed by atoms with van der Waals surface area (Å²) in [6.07, 6.45) is 2.96. The lowest BCUT2D eigenvalue weighted by molar-refractivity contribution is -0.142. The molecule has 0 unspecified atom stereocenters. The van der Waals surface area contributed by atoms with Crippen LogP contribution in [0.4, 0.5) is 0 Å². The quantitative estimate of drug-likeness (QED) is 0.723. The van der Waals surface area contributed by atoms with Crippen LogP contribution in [0.25, 0.3) is 0 Å². The van der Waals surface area contributed by atoms with E-state index in [0.29, 0.717) is 5.92 Å². The standard InChI is InChI=1S/C10H19NO2/c1-8(2)5-7-11-6-3-4-9(11)10(12)13/h8-9H,3-7H2,1-2H3,(H,12,13)/t9-/m1/s1. The van der Waals surface area contributed by atoms with Crippen LogP contribution in [-0.4, -0.2) is 35.1 Å². The molecule has 0 radical (unpaired) electrons. The van der Waals surface area contributed by atoms with Gasteiger partial charge in [-0.15, -0.1) is 0 Å². The first-order valence-electron chi connectivity index (χ1n) is 5.08. The van der Waals surface area contributed by atoms with Crippen LogP contribution in [-0.2, 0) is 4.79 Å². The van der Waals surface area contributed by atoms with Crippen LogP contribution in [0.1, 0.15) is 33.1 Å². The summed E-state index contributed by atoms with van der Waals surface area (Å²) in [4.78, 5) is 12.9. The van der Waals surface area contributed by atoms with E-state index in [1.807, 2.05) is 0 Å². The molecule has 3 heteroatoms. The Morgan fingerprint density at radius 2 is 2.31 bits per heavy atom. The van der Waals surface area contributed by atoms with Gasteiger partial charge in [0, 0.05) is 0 Å². The zero-order valence-corrected chi connectivity index (χ0v) is 8.49. The molecular weight excluding hydrogens is 166 g/mol. The minimum absolute atomic E-state index is 0.209. The number of likely N-dealkylation sites (tertiary alicyclic amines) is 1. The van der Waals surface area contributed by atoms with E-state index in [2.05, 4.69) is 18.7 Å². The Balaban J connectivity index is 2.35. The van der Waals surface area contributed by atoms with Gasteiger partial charge in [0.15, 0.2) is 0 Å². The second-order valence-corrected chi connectivity index (χ2v) is 4.21. The Kier molecular flexibility index (Phi) is 3.72. The number of carbonyl (C=O) groups is 1. The third kappa shape index (κ3) is 2.99. The lowest BCUT2D eigenvalue weighted by Gasteiger charge is -2.21. The minimum atomic E-state index is -0.652. The van der Waals surface area contributed by atoms with Crippen molar-refractivity contribution in [3.63, 3.8) is 0 Å². The van der Waals surface area contributed by atoms with Gasteiger partial charge in [-0.2, -0.15) is 0 Å². The molecule has 0 aromatic rings. The van der Waals surface area contributed by atoms with Gasteiger partial charge in [0.25, 0.3) is 0 Å². The highest BCUT2D eigenvalue weighted by Crippen LogP contribution is 2.18. The minimum Gasteiger partial charge on any atom is -0.480 e. The first-order chi connectivity index (χ1) is 6.11. The van der Waals surface area contributed by atoms with Gasteiger partial charge in [-0.05, 0) is 38.3 Å². The maximum atomic E-state index is 10.8. The van der Waals surface area contributed by atoms with Gasteiger partial charge in [-0.3, -0.25) is 9.69 Å². The van der Waals surface area contributed by atoms with Crippen molar-refractivity contribution < 1.29 is 9.90 Å². The maximum Gasteiger partial charge on any atom is 0.320 e. The third-order valence-corrected chi connectivity index (χ3v) is 2.64. The number of nitrogens with zero attached hydrogens (tertiary/aromatic N) is 1. The number of carboxylic acid groups (broad SMARTS) is 1. The molecule has 1 N–H and O–H groups in total. The molecule has 1 aliphatic heterocycles. The molecule has 3 nitrogen and oxygen atoms in total. The molecule has 0 aromatic heterocycles. The van der Waals surface area contributed by atoms with E-state index in [1.54, 1.807) is 0 Å². The van der Waals surface area contributed by atoms with Crippen molar-refractivity contribution in [3.8, 4) is 0 Å². The SMILES string of the molecule is CC(C)CCN1CCC[C@@H]1C(=O)O. The van der Waals surface area contributed by atoms with E-state index in [1.165, 1.54) is 0 Å². The lowest BCUT2D eigenvalue weighted by Crippen LogP contribution is -2.36. The second kappa shape index (κ2) is 4.61. The smallest absolute Gasteiger partial charge is 0.320 e. The monoisotopic (exact) mass is 185 g/mol. The number of carboxylic acids is 1. The number of rotatable bonds is 4. The summed E-state index contributed by atoms with van der Waals surface area (Å²) in [5.41, 5.74) is 0. The van der Waals surface area contributed by atoms with Crippen molar-refractivity contribution in [1.29, 1.82) is 0 Å². The van der Waals surface area contributed by atoms with E-state index in [9.17, 15) is 4.79 Å². The van der Waals surface area contributed by atoms with Gasteiger partial charge < -0.3 is 5.11 Å². The first-order valence-corrected chi connectivity index (χ1v) is 5.08. The zero-order chi connectivity index (χ0) is 9.84. The fourth-order valence-corrected chi connectivity index (χ4v) is 1.80. The van der Waals surface area contributed by atoms with Crippen LogP contribution in [0.2, 0.25) is 0 Å². The van der Waals surface area contributed by atoms with E-state index in [4.69, 9.17) is 5.11 Å². The Morgan fingerprint density at radius 3 is 2.85 bits per heavy atom. The van der Waals surface area contributed by atoms with Crippen LogP contribution in [0.5, 0.6) is 0 Å². The van der Waals surface area contributed by atoms with E-state index in [-0.39, 0.29) is 6.04 Å². The number of hydrogen-bond donors (Lipinski definition) is 1. The molecule has 1 fully saturated rings. The molecule has 0 aliphatic carbocycles. The molecule has 13 heavy (non-hydrogen) atoms. The zero-order valence-electron chi connectivity index (χ0n) is 8.49. The molecule has 1 rings (SSSR count). The van der Waals surface area contributed by atoms with E-state index >= 15 is 0 Å². The molecule has 0 aromatic carbocycles. The average molecular weight is 185 g/mol. The van der Waals surface area contributed by atoms with E-state index < -0.39 is 5.97 Å². The predicted molar refractivity (Wildman–Crippen MR) is 51.7 cm³/mol. The van der Waals surface area contributed by atoms with Gasteiger partial charge in [0.05, 0.1) is 0 Å². The van der Waals surface area contributed by atoms with Gasteiger partial charge in [0.2, 0.25) is 0 Å². The van der Waals surface area contributed by atoms with Crippen molar-refractivity contribution in [1.82, 2.24) is 4.90 Å². The second-order valence-electron chi connectivity index (χ2n) is 4.21. The highest BCUT2D eigenvalue weighted by molar-refractivity contribution is 5.73. The molecule has 0 spiro atoms. The average Bonchev–Trinajstić information content (AvgIpc) is 2.47. The summed E-state index contributed by atoms with van der Waals surface area (Å²) in [5, 5.41) is 8.91. The van der Waals surface area contributed by atoms with Gasteiger partial charge in [-0.25, -0.2) is 0 Å². The van der Waals surface area contributed by atoms with Crippen molar-refractivity contribution in [2.24, 2.45) is 5.92 Å². The molecule has 1 saturated heterocycles. The summed E-state index contributed by atoms with van der Waals surface area (Å²) in [6, 6.07) is -0.209. The molecule has 0 bridgehead atoms. The van der Waals surface area contributed by atoms with Crippen LogP contribution in [0.3, 0.4) is 0 Å². The summed E-state index contributed by atoms with van der Waals surface area (Å²) in [7, 11) is 0. The maximum absolute atomic E-state index is 10.8. The Morgan fingerprint density at radius 1 is 1.62 bits per heavy atom. The molecule has 1 heterocycles. The molecular formula is C10H19NO2. The molecule has 1 atom stereocenters. The Bertz CT molecular complexity index is 180. The highest BCUT2D eigenvalue weighted by atomic mass is 16.4. The molecule has 0 amide bonds. The lowest BCUT2D eigenvalue weighted by atomic mass is 10.1. The number of aliphatic carboxylic acids is 1. The summed E-state index contributed by atoms with van der Waals surface area (Å²) < 4.78 is 0. The molecule has 0 saturated carbocycles. The van der Waals surface area contributed by atoms with Gasteiger partial charge in [0.1, 0.15) is 6.04 Å². The van der Waals surface area contributed by atoms with Gasteiger partial charge in [-0.1, -0.05) is 13.8 Å². The molecule has 1 aliphatic rings. The van der Waals surface area contributed by atoms with Crippen LogP contribution < -0.4 is 0 Å². The van der Waals surface area contributed by atoms with Crippen LogP contribution >= 0.6 is 0 Å². The van der Waals surface area contributed by atoms with Gasteiger partial charge >= 0.3 is 5.97 Å². The summed E-state index contributed by atoms with van der Waals surface area (Å²) in [5.74, 6) is 0.0105. The Hall–Kier alpha value is -0.570.